The summed E-state index contributed by atoms with van der Waals surface area (Å²) in [5.41, 5.74) is 4.99. The van der Waals surface area contributed by atoms with Gasteiger partial charge < -0.3 is 30.0 Å². The molecule has 3 amide bonds. The number of hydrogen-bond donors (Lipinski definition) is 4. The number of nitrogens with zero attached hydrogens (tertiary/aromatic N) is 1. The fraction of sp³-hybridized carbons (Fsp3) is 0.238. The Morgan fingerprint density at radius 1 is 0.852 bits per heavy atom. The lowest BCUT2D eigenvalue weighted by Crippen LogP contribution is -2.43. The molecule has 54 heavy (non-hydrogen) atoms. The number of anilines is 2. The summed E-state index contributed by atoms with van der Waals surface area (Å²) in [6.45, 7) is 6.66. The summed E-state index contributed by atoms with van der Waals surface area (Å²) in [5.74, 6) is -0.417. The molecule has 5 aromatic carbocycles. The van der Waals surface area contributed by atoms with E-state index in [4.69, 9.17) is 14.6 Å². The van der Waals surface area contributed by atoms with Gasteiger partial charge in [-0.05, 0) is 46.2 Å². The Hall–Kier alpha value is -5.69. The number of sulfonamides is 1. The number of nitrogens with one attached hydrogen (secondary N) is 3. The van der Waals surface area contributed by atoms with Crippen molar-refractivity contribution in [2.75, 3.05) is 30.8 Å². The maximum atomic E-state index is 14.6. The van der Waals surface area contributed by atoms with Crippen molar-refractivity contribution in [3.63, 3.8) is 0 Å². The van der Waals surface area contributed by atoms with Crippen LogP contribution in [0.25, 0.3) is 21.7 Å². The van der Waals surface area contributed by atoms with E-state index in [1.807, 2.05) is 105 Å². The number of morpholine rings is 1. The van der Waals surface area contributed by atoms with Crippen LogP contribution in [0.4, 0.5) is 16.2 Å². The zero-order valence-corrected chi connectivity index (χ0v) is 31.4. The fourth-order valence-corrected chi connectivity index (χ4v) is 7.78. The third kappa shape index (κ3) is 7.67. The molecule has 0 radical (unpaired) electrons. The molecule has 1 fully saturated rings. The van der Waals surface area contributed by atoms with E-state index in [1.54, 1.807) is 24.3 Å². The number of methoxy groups -OCH3 is 1. The number of nitrogens with two attached hydrogens (primary N) is 1. The highest BCUT2D eigenvalue weighted by atomic mass is 32.2. The number of H-pyrrole nitrogens is 1. The number of ether oxygens (including phenoxy) is 2. The summed E-state index contributed by atoms with van der Waals surface area (Å²) in [7, 11) is -2.49. The lowest BCUT2D eigenvalue weighted by atomic mass is 9.85. The van der Waals surface area contributed by atoms with Crippen LogP contribution in [-0.2, 0) is 25.9 Å². The van der Waals surface area contributed by atoms with E-state index in [0.29, 0.717) is 46.4 Å². The molecule has 1 saturated heterocycles. The second-order valence-corrected chi connectivity index (χ2v) is 16.2. The van der Waals surface area contributed by atoms with Crippen LogP contribution in [0.15, 0.2) is 109 Å². The molecule has 2 atom stereocenters. The number of hydrogen-bond acceptors (Lipinski definition) is 6. The maximum absolute atomic E-state index is 14.6. The average molecular weight is 746 g/mol. The average Bonchev–Trinajstić information content (AvgIpc) is 3.58. The topological polar surface area (TPSA) is 156 Å². The number of aromatic amines is 1. The van der Waals surface area contributed by atoms with Gasteiger partial charge >= 0.3 is 6.03 Å². The normalized spacial score (nSPS) is 16.4. The van der Waals surface area contributed by atoms with Crippen molar-refractivity contribution in [2.24, 2.45) is 5.14 Å². The van der Waals surface area contributed by atoms with Crippen LogP contribution in [0.2, 0.25) is 0 Å². The van der Waals surface area contributed by atoms with Gasteiger partial charge in [-0.2, -0.15) is 0 Å². The van der Waals surface area contributed by atoms with E-state index < -0.39 is 21.8 Å². The molecule has 2 heterocycles. The number of benzene rings is 5. The van der Waals surface area contributed by atoms with Crippen molar-refractivity contribution < 1.29 is 27.5 Å². The van der Waals surface area contributed by atoms with E-state index in [1.165, 1.54) is 7.11 Å². The Bertz CT molecular complexity index is 2470. The van der Waals surface area contributed by atoms with Crippen LogP contribution < -0.4 is 20.5 Å². The van der Waals surface area contributed by atoms with E-state index in [9.17, 15) is 18.0 Å². The number of aromatic nitrogens is 1. The third-order valence-corrected chi connectivity index (χ3v) is 10.5. The molecule has 1 aliphatic rings. The molecule has 0 spiro atoms. The molecule has 12 heteroatoms. The van der Waals surface area contributed by atoms with Gasteiger partial charge in [0.25, 0.3) is 5.91 Å². The Kier molecular flexibility index (Phi) is 9.92. The van der Waals surface area contributed by atoms with Crippen LogP contribution in [0, 0.1) is 0 Å². The largest absolute Gasteiger partial charge is 0.494 e. The van der Waals surface area contributed by atoms with E-state index in [0.717, 1.165) is 27.6 Å². The van der Waals surface area contributed by atoms with Gasteiger partial charge in [0, 0.05) is 39.2 Å². The van der Waals surface area contributed by atoms with Crippen molar-refractivity contribution in [1.29, 1.82) is 0 Å². The van der Waals surface area contributed by atoms with Gasteiger partial charge in [-0.25, -0.2) is 18.4 Å². The molecular formula is C42H43N5O6S. The monoisotopic (exact) mass is 745 g/mol. The Morgan fingerprint density at radius 2 is 1.50 bits per heavy atom. The van der Waals surface area contributed by atoms with Crippen molar-refractivity contribution in [1.82, 2.24) is 9.88 Å². The van der Waals surface area contributed by atoms with E-state index in [-0.39, 0.29) is 29.3 Å². The fourth-order valence-electron chi connectivity index (χ4n) is 7.13. The highest BCUT2D eigenvalue weighted by Gasteiger charge is 2.34. The molecule has 1 aromatic heterocycles. The second kappa shape index (κ2) is 14.6. The molecule has 278 valence electrons. The smallest absolute Gasteiger partial charge is 0.323 e. The number of urea groups is 1. The first kappa shape index (κ1) is 36.7. The van der Waals surface area contributed by atoms with Crippen LogP contribution in [0.1, 0.15) is 65.6 Å². The predicted molar refractivity (Wildman–Crippen MR) is 212 cm³/mol. The maximum Gasteiger partial charge on any atom is 0.323 e. The quantitative estimate of drug-likeness (QED) is 0.124. The number of para-hydroxylation sites is 1. The van der Waals surface area contributed by atoms with E-state index >= 15 is 0 Å². The van der Waals surface area contributed by atoms with Crippen molar-refractivity contribution in [2.45, 2.75) is 44.1 Å². The summed E-state index contributed by atoms with van der Waals surface area (Å²) < 4.78 is 36.5. The number of rotatable bonds is 8. The van der Waals surface area contributed by atoms with Gasteiger partial charge in [-0.3, -0.25) is 4.79 Å². The lowest BCUT2D eigenvalue weighted by Gasteiger charge is -2.38. The van der Waals surface area contributed by atoms with Crippen LogP contribution in [0.3, 0.4) is 0 Å². The molecule has 1 aliphatic heterocycles. The van der Waals surface area contributed by atoms with Gasteiger partial charge in [0.1, 0.15) is 18.0 Å². The third-order valence-electron chi connectivity index (χ3n) is 9.77. The van der Waals surface area contributed by atoms with Gasteiger partial charge in [0.05, 0.1) is 37.3 Å². The second-order valence-electron chi connectivity index (χ2n) is 14.6. The summed E-state index contributed by atoms with van der Waals surface area (Å²) >= 11 is 0. The van der Waals surface area contributed by atoms with Crippen LogP contribution in [0.5, 0.6) is 5.75 Å². The standard InChI is InChI=1S/C42H43N5O6S/c1-42(2,3)28-20-27(25-54(43,50)51)39(52-4)36(21-28)46-41(49)45-35-19-18-32(29-14-8-9-15-30(29)35)40(48)47-23-37(26-12-6-5-7-13-26)53-38(24-47)33-22-44-34-17-11-10-16-31(33)34/h5-22,37-38,44H,23-25H2,1-4H3,(H2,43,50,51)(H2,45,46,49). The van der Waals surface area contributed by atoms with E-state index in [2.05, 4.69) is 21.7 Å². The molecule has 0 bridgehead atoms. The van der Waals surface area contributed by atoms with Crippen molar-refractivity contribution in [3.05, 3.63) is 137 Å². The minimum absolute atomic E-state index is 0.151. The Morgan fingerprint density at radius 3 is 2.20 bits per heavy atom. The highest BCUT2D eigenvalue weighted by Crippen LogP contribution is 2.39. The number of carbonyl (C=O) groups is 2. The first-order valence-corrected chi connectivity index (χ1v) is 19.4. The summed E-state index contributed by atoms with van der Waals surface area (Å²) in [6.07, 6.45) is 1.24. The van der Waals surface area contributed by atoms with Crippen molar-refractivity contribution >= 4 is 55.0 Å². The molecule has 2 unspecified atom stereocenters. The number of fused-ring (bicyclic) bond motifs is 2. The number of carbonyl (C=O) groups excluding carboxylic acids is 2. The zero-order valence-electron chi connectivity index (χ0n) is 30.6. The minimum Gasteiger partial charge on any atom is -0.494 e. The minimum atomic E-state index is -3.90. The molecule has 6 aromatic rings. The molecule has 0 aliphatic carbocycles. The summed E-state index contributed by atoms with van der Waals surface area (Å²) in [6, 6.07) is 31.8. The predicted octanol–water partition coefficient (Wildman–Crippen LogP) is 8.01. The van der Waals surface area contributed by atoms with Gasteiger partial charge in [-0.15, -0.1) is 0 Å². The van der Waals surface area contributed by atoms with Crippen LogP contribution >= 0.6 is 0 Å². The van der Waals surface area contributed by atoms with Gasteiger partial charge in [0.15, 0.2) is 0 Å². The number of primary sulfonamides is 1. The Labute approximate surface area is 314 Å². The molecule has 5 N–H and O–H groups in total. The van der Waals surface area contributed by atoms with Crippen molar-refractivity contribution in [3.8, 4) is 5.75 Å². The molecule has 11 nitrogen and oxygen atoms in total. The zero-order chi connectivity index (χ0) is 38.2. The highest BCUT2D eigenvalue weighted by molar-refractivity contribution is 7.88. The van der Waals surface area contributed by atoms with Crippen LogP contribution in [-0.4, -0.2) is 50.4 Å². The Balaban J connectivity index is 1.19. The summed E-state index contributed by atoms with van der Waals surface area (Å²) in [5, 5.41) is 13.6. The first-order chi connectivity index (χ1) is 25.8. The summed E-state index contributed by atoms with van der Waals surface area (Å²) in [4.78, 5) is 33.4. The SMILES string of the molecule is COc1c(CS(N)(=O)=O)cc(C(C)(C)C)cc1NC(=O)Nc1ccc(C(=O)N2CC(c3ccccc3)OC(c3c[nH]c4ccccc34)C2)c2ccccc12. The molecule has 0 saturated carbocycles. The molecule has 7 rings (SSSR count). The van der Waals surface area contributed by atoms with Gasteiger partial charge in [0.2, 0.25) is 10.0 Å². The van der Waals surface area contributed by atoms with Gasteiger partial charge in [-0.1, -0.05) is 99.6 Å². The lowest BCUT2D eigenvalue weighted by molar-refractivity contribution is -0.0791. The first-order valence-electron chi connectivity index (χ1n) is 17.7. The molecular weight excluding hydrogens is 703 g/mol. The number of amides is 3.